The van der Waals surface area contributed by atoms with Gasteiger partial charge in [-0.2, -0.15) is 0 Å². The van der Waals surface area contributed by atoms with Crippen LogP contribution in [-0.4, -0.2) is 42.1 Å². The molecule has 1 aliphatic heterocycles. The van der Waals surface area contributed by atoms with Crippen LogP contribution in [0.4, 0.5) is 0 Å². The molecule has 4 rings (SSSR count). The zero-order chi connectivity index (χ0) is 26.4. The molecule has 1 saturated heterocycles. The third kappa shape index (κ3) is 5.47. The zero-order valence-corrected chi connectivity index (χ0v) is 22.8. The summed E-state index contributed by atoms with van der Waals surface area (Å²) in [5.41, 5.74) is 3.97. The Morgan fingerprint density at radius 1 is 0.722 bits per heavy atom. The first-order valence-electron chi connectivity index (χ1n) is 12.6. The zero-order valence-electron chi connectivity index (χ0n) is 22.8. The first-order chi connectivity index (χ1) is 16.7. The van der Waals surface area contributed by atoms with Crippen molar-refractivity contribution in [2.45, 2.75) is 77.8 Å². The SMILES string of the molecule is CC(C)(O)C(C)(C)O[B]c1cccc(-c2cccc(-c3cccc(B4OC(C)(C)C(C)(C)O4)c3)c2)c1. The third-order valence-electron chi connectivity index (χ3n) is 7.79. The van der Waals surface area contributed by atoms with Crippen molar-refractivity contribution in [1.82, 2.24) is 0 Å². The van der Waals surface area contributed by atoms with Crippen LogP contribution in [0, 0.1) is 0 Å². The second-order valence-electron chi connectivity index (χ2n) is 11.7. The molecule has 0 saturated carbocycles. The van der Waals surface area contributed by atoms with Crippen molar-refractivity contribution in [1.29, 1.82) is 0 Å². The van der Waals surface area contributed by atoms with Gasteiger partial charge in [-0.15, -0.1) is 0 Å². The van der Waals surface area contributed by atoms with Gasteiger partial charge in [-0.3, -0.25) is 0 Å². The first-order valence-corrected chi connectivity index (χ1v) is 12.6. The Bertz CT molecular complexity index is 1210. The molecule has 1 N–H and O–H groups in total. The highest BCUT2D eigenvalue weighted by molar-refractivity contribution is 6.62. The van der Waals surface area contributed by atoms with E-state index in [4.69, 9.17) is 14.0 Å². The summed E-state index contributed by atoms with van der Waals surface area (Å²) in [6.45, 7) is 15.6. The predicted molar refractivity (Wildman–Crippen MR) is 150 cm³/mol. The molecule has 0 aliphatic carbocycles. The molecule has 1 fully saturated rings. The van der Waals surface area contributed by atoms with Crippen LogP contribution in [0.25, 0.3) is 22.3 Å². The van der Waals surface area contributed by atoms with Crippen molar-refractivity contribution in [3.8, 4) is 22.3 Å². The normalized spacial score (nSPS) is 17.3. The summed E-state index contributed by atoms with van der Waals surface area (Å²) in [5.74, 6) is 0. The van der Waals surface area contributed by atoms with Crippen LogP contribution in [0.3, 0.4) is 0 Å². The molecule has 0 amide bonds. The molecule has 1 radical (unpaired) electrons. The monoisotopic (exact) mass is 483 g/mol. The topological polar surface area (TPSA) is 47.9 Å². The van der Waals surface area contributed by atoms with Crippen LogP contribution in [0.5, 0.6) is 0 Å². The van der Waals surface area contributed by atoms with Gasteiger partial charge in [-0.05, 0) is 89.2 Å². The molecule has 4 nitrogen and oxygen atoms in total. The number of rotatable bonds is 7. The van der Waals surface area contributed by atoms with Crippen LogP contribution in [0.15, 0.2) is 72.8 Å². The summed E-state index contributed by atoms with van der Waals surface area (Å²) in [6.07, 6.45) is 0. The average Bonchev–Trinajstić information content (AvgIpc) is 3.04. The van der Waals surface area contributed by atoms with Gasteiger partial charge in [0.05, 0.1) is 22.4 Å². The summed E-state index contributed by atoms with van der Waals surface area (Å²) >= 11 is 0. The van der Waals surface area contributed by atoms with Gasteiger partial charge in [0.2, 0.25) is 0 Å². The van der Waals surface area contributed by atoms with Gasteiger partial charge < -0.3 is 19.1 Å². The highest BCUT2D eigenvalue weighted by Crippen LogP contribution is 2.37. The van der Waals surface area contributed by atoms with E-state index in [0.717, 1.165) is 33.2 Å². The molecular weight excluding hydrogens is 446 g/mol. The van der Waals surface area contributed by atoms with Crippen LogP contribution < -0.4 is 10.9 Å². The van der Waals surface area contributed by atoms with Crippen molar-refractivity contribution in [2.75, 3.05) is 0 Å². The maximum atomic E-state index is 10.4. The van der Waals surface area contributed by atoms with Gasteiger partial charge in [0.1, 0.15) is 0 Å². The van der Waals surface area contributed by atoms with Crippen molar-refractivity contribution in [2.24, 2.45) is 0 Å². The Kier molecular flexibility index (Phi) is 7.04. The van der Waals surface area contributed by atoms with Gasteiger partial charge in [0.15, 0.2) is 0 Å². The van der Waals surface area contributed by atoms with Crippen molar-refractivity contribution in [3.63, 3.8) is 0 Å². The predicted octanol–water partition coefficient (Wildman–Crippen LogP) is 5.13. The van der Waals surface area contributed by atoms with Crippen molar-refractivity contribution >= 4 is 25.5 Å². The van der Waals surface area contributed by atoms with E-state index in [9.17, 15) is 5.11 Å². The summed E-state index contributed by atoms with van der Waals surface area (Å²) in [5, 5.41) is 10.4. The van der Waals surface area contributed by atoms with E-state index in [1.54, 1.807) is 21.3 Å². The molecule has 0 atom stereocenters. The summed E-state index contributed by atoms with van der Waals surface area (Å²) < 4.78 is 18.5. The largest absolute Gasteiger partial charge is 0.494 e. The molecule has 0 spiro atoms. The maximum Gasteiger partial charge on any atom is 0.494 e. The fourth-order valence-corrected chi connectivity index (χ4v) is 3.87. The Hall–Kier alpha value is -2.37. The van der Waals surface area contributed by atoms with Gasteiger partial charge in [-0.1, -0.05) is 72.2 Å². The Morgan fingerprint density at radius 3 is 1.75 bits per heavy atom. The Morgan fingerprint density at radius 2 is 1.19 bits per heavy atom. The van der Waals surface area contributed by atoms with Crippen molar-refractivity contribution < 1.29 is 19.1 Å². The Labute approximate surface area is 217 Å². The van der Waals surface area contributed by atoms with E-state index in [1.807, 2.05) is 26.0 Å². The number of aliphatic hydroxyl groups is 1. The van der Waals surface area contributed by atoms with E-state index in [2.05, 4.69) is 88.4 Å². The van der Waals surface area contributed by atoms with Crippen LogP contribution >= 0.6 is 0 Å². The molecule has 36 heavy (non-hydrogen) atoms. The average molecular weight is 483 g/mol. The standard InChI is InChI=1S/C30H37B2O4/c1-27(2,33)28(3,4)34-31-25-16-10-14-23(19-25)21-12-9-13-22(18-21)24-15-11-17-26(20-24)32-35-29(5,6)30(7,8)36-32/h9-20,33H,1-8H3. The number of hydrogen-bond donors (Lipinski definition) is 1. The number of hydrogen-bond acceptors (Lipinski definition) is 4. The molecule has 6 heteroatoms. The highest BCUT2D eigenvalue weighted by Gasteiger charge is 2.51. The lowest BCUT2D eigenvalue weighted by Crippen LogP contribution is -2.49. The molecule has 1 aliphatic rings. The minimum absolute atomic E-state index is 0.374. The maximum absolute atomic E-state index is 10.4. The lowest BCUT2D eigenvalue weighted by molar-refractivity contribution is -0.0893. The fraction of sp³-hybridized carbons (Fsp3) is 0.400. The summed E-state index contributed by atoms with van der Waals surface area (Å²) in [4.78, 5) is 0. The second kappa shape index (κ2) is 9.50. The lowest BCUT2D eigenvalue weighted by atomic mass is 9.78. The number of benzene rings is 3. The van der Waals surface area contributed by atoms with Gasteiger partial charge in [0.25, 0.3) is 0 Å². The lowest BCUT2D eigenvalue weighted by Gasteiger charge is -2.37. The summed E-state index contributed by atoms with van der Waals surface area (Å²) in [6, 6.07) is 25.1. The Balaban J connectivity index is 1.56. The van der Waals surface area contributed by atoms with E-state index in [1.165, 1.54) is 0 Å². The molecule has 3 aromatic rings. The van der Waals surface area contributed by atoms with Crippen LogP contribution in [0.1, 0.15) is 55.4 Å². The van der Waals surface area contributed by atoms with E-state index >= 15 is 0 Å². The summed E-state index contributed by atoms with van der Waals surface area (Å²) in [7, 11) is 1.33. The molecule has 0 bridgehead atoms. The molecular formula is C30H37B2O4. The molecule has 0 aromatic heterocycles. The molecule has 1 heterocycles. The third-order valence-corrected chi connectivity index (χ3v) is 7.79. The minimum atomic E-state index is -0.968. The molecule has 0 unspecified atom stereocenters. The quantitative estimate of drug-likeness (QED) is 0.474. The van der Waals surface area contributed by atoms with E-state index in [0.29, 0.717) is 0 Å². The first kappa shape index (κ1) is 26.7. The molecule has 3 aromatic carbocycles. The highest BCUT2D eigenvalue weighted by atomic mass is 16.7. The van der Waals surface area contributed by atoms with Crippen molar-refractivity contribution in [3.05, 3.63) is 72.8 Å². The molecule has 187 valence electrons. The van der Waals surface area contributed by atoms with E-state index < -0.39 is 18.3 Å². The van der Waals surface area contributed by atoms with Gasteiger partial charge >= 0.3 is 14.6 Å². The van der Waals surface area contributed by atoms with Crippen LogP contribution in [0.2, 0.25) is 0 Å². The minimum Gasteiger partial charge on any atom is -0.427 e. The fourth-order valence-electron chi connectivity index (χ4n) is 3.87. The van der Waals surface area contributed by atoms with Gasteiger partial charge in [-0.25, -0.2) is 0 Å². The van der Waals surface area contributed by atoms with Gasteiger partial charge in [0, 0.05) is 0 Å². The smallest absolute Gasteiger partial charge is 0.427 e. The van der Waals surface area contributed by atoms with E-state index in [-0.39, 0.29) is 11.2 Å². The van der Waals surface area contributed by atoms with Crippen LogP contribution in [-0.2, 0) is 14.0 Å². The second-order valence-corrected chi connectivity index (χ2v) is 11.7.